The highest BCUT2D eigenvalue weighted by Crippen LogP contribution is 2.34. The Morgan fingerprint density at radius 2 is 1.71 bits per heavy atom. The van der Waals surface area contributed by atoms with Crippen LogP contribution in [0.25, 0.3) is 22.2 Å². The van der Waals surface area contributed by atoms with Gasteiger partial charge in [0, 0.05) is 17.6 Å². The Morgan fingerprint density at radius 3 is 2.32 bits per heavy atom. The molecule has 3 heterocycles. The number of aromatic amines is 1. The number of sulfonamides is 1. The molecular formula is C19H18F3N3O4S2. The third kappa shape index (κ3) is 4.60. The molecule has 2 N–H and O–H groups in total. The largest absolute Gasteiger partial charge is 0.431 e. The number of rotatable bonds is 4. The van der Waals surface area contributed by atoms with Crippen LogP contribution in [0.4, 0.5) is 13.2 Å². The van der Waals surface area contributed by atoms with E-state index in [-0.39, 0.29) is 40.3 Å². The number of halogens is 3. The molecule has 0 unspecified atom stereocenters. The fraction of sp³-hybridized carbons (Fsp3) is 0.316. The molecule has 4 rings (SSSR count). The summed E-state index contributed by atoms with van der Waals surface area (Å²) in [4.78, 5) is 6.16. The van der Waals surface area contributed by atoms with Crippen molar-refractivity contribution in [2.75, 3.05) is 11.5 Å². The van der Waals surface area contributed by atoms with E-state index in [0.717, 1.165) is 6.07 Å². The monoisotopic (exact) mass is 473 g/mol. The third-order valence-corrected chi connectivity index (χ3v) is 8.44. The van der Waals surface area contributed by atoms with Gasteiger partial charge in [-0.15, -0.1) is 0 Å². The number of alkyl halides is 3. The first-order chi connectivity index (χ1) is 14.4. The van der Waals surface area contributed by atoms with Crippen molar-refractivity contribution in [2.24, 2.45) is 0 Å². The number of hydrogen-bond acceptors (Lipinski definition) is 5. The molecule has 0 saturated carbocycles. The van der Waals surface area contributed by atoms with Gasteiger partial charge < -0.3 is 4.98 Å². The maximum absolute atomic E-state index is 13.0. The summed E-state index contributed by atoms with van der Waals surface area (Å²) < 4.78 is 89.9. The summed E-state index contributed by atoms with van der Waals surface area (Å²) in [6, 6.07) is 7.81. The van der Waals surface area contributed by atoms with Gasteiger partial charge in [0.25, 0.3) is 0 Å². The van der Waals surface area contributed by atoms with Crippen molar-refractivity contribution < 1.29 is 30.0 Å². The summed E-state index contributed by atoms with van der Waals surface area (Å²) in [5.74, 6) is -0.124. The van der Waals surface area contributed by atoms with Crippen molar-refractivity contribution in [3.8, 4) is 11.1 Å². The lowest BCUT2D eigenvalue weighted by Gasteiger charge is -2.22. The van der Waals surface area contributed by atoms with Crippen LogP contribution in [-0.2, 0) is 26.0 Å². The van der Waals surface area contributed by atoms with Gasteiger partial charge in [0.05, 0.1) is 16.4 Å². The minimum atomic E-state index is -4.54. The van der Waals surface area contributed by atoms with Gasteiger partial charge in [-0.25, -0.2) is 26.5 Å². The van der Waals surface area contributed by atoms with E-state index in [1.54, 1.807) is 6.07 Å². The quantitative estimate of drug-likeness (QED) is 0.605. The van der Waals surface area contributed by atoms with E-state index >= 15 is 0 Å². The molecule has 7 nitrogen and oxygen atoms in total. The Hall–Kier alpha value is -2.44. The molecule has 166 valence electrons. The molecule has 1 aliphatic rings. The molecule has 0 atom stereocenters. The van der Waals surface area contributed by atoms with E-state index in [9.17, 15) is 30.0 Å². The van der Waals surface area contributed by atoms with Crippen molar-refractivity contribution in [3.05, 3.63) is 48.3 Å². The minimum Gasteiger partial charge on any atom is -0.336 e. The predicted molar refractivity (Wildman–Crippen MR) is 109 cm³/mol. The molecule has 0 spiro atoms. The molecule has 0 bridgehead atoms. The van der Waals surface area contributed by atoms with E-state index in [0.29, 0.717) is 11.1 Å². The van der Waals surface area contributed by atoms with Crippen LogP contribution in [0.1, 0.15) is 18.5 Å². The molecule has 1 aliphatic heterocycles. The van der Waals surface area contributed by atoms with Crippen molar-refractivity contribution in [3.63, 3.8) is 0 Å². The Kier molecular flexibility index (Phi) is 5.34. The van der Waals surface area contributed by atoms with Gasteiger partial charge in [-0.05, 0) is 48.2 Å². The molecule has 12 heteroatoms. The molecule has 3 aromatic rings. The average Bonchev–Trinajstić information content (AvgIpc) is 3.15. The summed E-state index contributed by atoms with van der Waals surface area (Å²) in [5, 5.41) is 0.270. The molecule has 1 aromatic carbocycles. The number of pyridine rings is 1. The number of benzene rings is 1. The zero-order chi connectivity index (χ0) is 22.4. The van der Waals surface area contributed by atoms with Crippen molar-refractivity contribution in [1.29, 1.82) is 0 Å². The third-order valence-electron chi connectivity index (χ3n) is 5.19. The molecule has 0 aliphatic carbocycles. The van der Waals surface area contributed by atoms with Crippen LogP contribution in [0.2, 0.25) is 0 Å². The molecular weight excluding hydrogens is 455 g/mol. The van der Waals surface area contributed by atoms with Crippen molar-refractivity contribution in [2.45, 2.75) is 30.0 Å². The molecule has 0 radical (unpaired) electrons. The van der Waals surface area contributed by atoms with E-state index in [1.807, 2.05) is 0 Å². The maximum Gasteiger partial charge on any atom is 0.431 e. The SMILES string of the molecule is O=S1(=O)CCC(NS(=O)(=O)c2ccc(-c3ccnc4[nH]c(C(F)(F)F)cc34)cc2)CC1. The summed E-state index contributed by atoms with van der Waals surface area (Å²) >= 11 is 0. The Morgan fingerprint density at radius 1 is 1.06 bits per heavy atom. The summed E-state index contributed by atoms with van der Waals surface area (Å²) in [6.07, 6.45) is -2.75. The highest BCUT2D eigenvalue weighted by Gasteiger charge is 2.33. The van der Waals surface area contributed by atoms with Crippen molar-refractivity contribution in [1.82, 2.24) is 14.7 Å². The Labute approximate surface area is 176 Å². The first-order valence-electron chi connectivity index (χ1n) is 9.33. The summed E-state index contributed by atoms with van der Waals surface area (Å²) in [6.45, 7) is 0. The van der Waals surface area contributed by atoms with Gasteiger partial charge in [-0.1, -0.05) is 12.1 Å². The topological polar surface area (TPSA) is 109 Å². The first kappa shape index (κ1) is 21.8. The van der Waals surface area contributed by atoms with Crippen LogP contribution < -0.4 is 4.72 Å². The van der Waals surface area contributed by atoms with E-state index in [2.05, 4.69) is 14.7 Å². The number of sulfone groups is 1. The highest BCUT2D eigenvalue weighted by molar-refractivity contribution is 7.91. The van der Waals surface area contributed by atoms with Crippen LogP contribution in [0, 0.1) is 0 Å². The van der Waals surface area contributed by atoms with Gasteiger partial charge in [0.1, 0.15) is 21.2 Å². The fourth-order valence-electron chi connectivity index (χ4n) is 3.54. The van der Waals surface area contributed by atoms with Gasteiger partial charge in [0.2, 0.25) is 10.0 Å². The van der Waals surface area contributed by atoms with Crippen LogP contribution in [0.3, 0.4) is 0 Å². The average molecular weight is 473 g/mol. The maximum atomic E-state index is 13.0. The van der Waals surface area contributed by atoms with Crippen LogP contribution in [0.5, 0.6) is 0 Å². The Balaban J connectivity index is 1.59. The highest BCUT2D eigenvalue weighted by atomic mass is 32.2. The Bertz CT molecular complexity index is 1320. The van der Waals surface area contributed by atoms with Gasteiger partial charge in [-0.2, -0.15) is 13.2 Å². The zero-order valence-corrected chi connectivity index (χ0v) is 17.6. The van der Waals surface area contributed by atoms with Crippen LogP contribution in [-0.4, -0.2) is 44.4 Å². The normalized spacial score (nSPS) is 17.8. The second-order valence-corrected chi connectivity index (χ2v) is 11.4. The number of hydrogen-bond donors (Lipinski definition) is 2. The molecule has 1 saturated heterocycles. The lowest BCUT2D eigenvalue weighted by molar-refractivity contribution is -0.140. The molecule has 31 heavy (non-hydrogen) atoms. The zero-order valence-electron chi connectivity index (χ0n) is 16.0. The minimum absolute atomic E-state index is 0.0139. The second-order valence-electron chi connectivity index (χ2n) is 7.37. The first-order valence-corrected chi connectivity index (χ1v) is 12.6. The number of fused-ring (bicyclic) bond motifs is 1. The van der Waals surface area contributed by atoms with Crippen LogP contribution in [0.15, 0.2) is 47.5 Å². The number of aromatic nitrogens is 2. The van der Waals surface area contributed by atoms with Gasteiger partial charge in [0.15, 0.2) is 0 Å². The van der Waals surface area contributed by atoms with Gasteiger partial charge in [-0.3, -0.25) is 0 Å². The molecule has 2 aromatic heterocycles. The van der Waals surface area contributed by atoms with E-state index < -0.39 is 37.8 Å². The van der Waals surface area contributed by atoms with Gasteiger partial charge >= 0.3 is 6.18 Å². The fourth-order valence-corrected chi connectivity index (χ4v) is 6.34. The van der Waals surface area contributed by atoms with E-state index in [4.69, 9.17) is 0 Å². The predicted octanol–water partition coefficient (Wildman–Crippen LogP) is 3.10. The number of nitrogens with one attached hydrogen (secondary N) is 2. The summed E-state index contributed by atoms with van der Waals surface area (Å²) in [5.41, 5.74) is 0.171. The lowest BCUT2D eigenvalue weighted by Crippen LogP contribution is -2.40. The van der Waals surface area contributed by atoms with Crippen molar-refractivity contribution >= 4 is 30.9 Å². The second kappa shape index (κ2) is 7.61. The van der Waals surface area contributed by atoms with Crippen LogP contribution >= 0.6 is 0 Å². The molecule has 0 amide bonds. The number of H-pyrrole nitrogens is 1. The smallest absolute Gasteiger partial charge is 0.336 e. The van der Waals surface area contributed by atoms with E-state index in [1.165, 1.54) is 30.5 Å². The molecule has 1 fully saturated rings. The summed E-state index contributed by atoms with van der Waals surface area (Å²) in [7, 11) is -6.98. The standard InChI is InChI=1S/C19H18F3N3O4S2/c20-19(21,22)17-11-16-15(5-8-23-18(16)24-17)12-1-3-14(4-2-12)31(28,29)25-13-6-9-30(26,27)10-7-13/h1-5,8,11,13,25H,6-7,9-10H2,(H,23,24). The number of nitrogens with zero attached hydrogens (tertiary/aromatic N) is 1. The lowest BCUT2D eigenvalue weighted by atomic mass is 10.0.